The first-order valence-corrected chi connectivity index (χ1v) is 5.70. The van der Waals surface area contributed by atoms with E-state index in [4.69, 9.17) is 4.74 Å². The molecular formula is C11H16F3N3O. The van der Waals surface area contributed by atoms with E-state index in [1.165, 1.54) is 0 Å². The fourth-order valence-corrected chi connectivity index (χ4v) is 1.25. The molecule has 0 saturated heterocycles. The van der Waals surface area contributed by atoms with Gasteiger partial charge in [0.2, 0.25) is 0 Å². The summed E-state index contributed by atoms with van der Waals surface area (Å²) in [5.41, 5.74) is 0.601. The number of anilines is 1. The number of ether oxygens (including phenoxy) is 1. The van der Waals surface area contributed by atoms with E-state index in [9.17, 15) is 13.2 Å². The Morgan fingerprint density at radius 1 is 1.28 bits per heavy atom. The summed E-state index contributed by atoms with van der Waals surface area (Å²) in [6.07, 6.45) is -1.86. The minimum absolute atomic E-state index is 0.0353. The Balaban J connectivity index is 2.19. The first kappa shape index (κ1) is 14.7. The SMILES string of the molecule is CCNc1cnc(COCCCC(F)(F)F)cn1. The lowest BCUT2D eigenvalue weighted by Crippen LogP contribution is -2.09. The maximum atomic E-state index is 11.8. The Labute approximate surface area is 104 Å². The molecule has 0 radical (unpaired) electrons. The molecule has 0 aliphatic heterocycles. The zero-order valence-electron chi connectivity index (χ0n) is 10.1. The van der Waals surface area contributed by atoms with Crippen LogP contribution in [-0.4, -0.2) is 29.3 Å². The molecule has 0 unspecified atom stereocenters. The zero-order chi connectivity index (χ0) is 13.4. The van der Waals surface area contributed by atoms with E-state index in [-0.39, 0.29) is 19.6 Å². The zero-order valence-corrected chi connectivity index (χ0v) is 10.1. The summed E-state index contributed by atoms with van der Waals surface area (Å²) in [6.45, 7) is 2.94. The van der Waals surface area contributed by atoms with Gasteiger partial charge in [0.1, 0.15) is 5.82 Å². The molecule has 0 bridgehead atoms. The summed E-state index contributed by atoms with van der Waals surface area (Å²) >= 11 is 0. The van der Waals surface area contributed by atoms with Crippen molar-refractivity contribution in [3.05, 3.63) is 18.1 Å². The third-order valence-electron chi connectivity index (χ3n) is 2.06. The largest absolute Gasteiger partial charge is 0.389 e. The van der Waals surface area contributed by atoms with Crippen LogP contribution >= 0.6 is 0 Å². The van der Waals surface area contributed by atoms with Crippen molar-refractivity contribution in [2.24, 2.45) is 0 Å². The molecule has 18 heavy (non-hydrogen) atoms. The molecule has 0 saturated carbocycles. The fraction of sp³-hybridized carbons (Fsp3) is 0.636. The Morgan fingerprint density at radius 3 is 2.61 bits per heavy atom. The summed E-state index contributed by atoms with van der Waals surface area (Å²) in [7, 11) is 0. The molecule has 4 nitrogen and oxygen atoms in total. The minimum atomic E-state index is -4.11. The van der Waals surface area contributed by atoms with Crippen LogP contribution in [0.2, 0.25) is 0 Å². The van der Waals surface area contributed by atoms with Crippen molar-refractivity contribution in [1.82, 2.24) is 9.97 Å². The van der Waals surface area contributed by atoms with Crippen molar-refractivity contribution >= 4 is 5.82 Å². The van der Waals surface area contributed by atoms with E-state index in [1.807, 2.05) is 6.92 Å². The highest BCUT2D eigenvalue weighted by atomic mass is 19.4. The van der Waals surface area contributed by atoms with Crippen LogP contribution in [0.25, 0.3) is 0 Å². The Morgan fingerprint density at radius 2 is 2.06 bits per heavy atom. The van der Waals surface area contributed by atoms with Crippen LogP contribution in [0.15, 0.2) is 12.4 Å². The fourth-order valence-electron chi connectivity index (χ4n) is 1.25. The molecule has 1 aromatic heterocycles. The number of halogens is 3. The molecule has 1 heterocycles. The van der Waals surface area contributed by atoms with E-state index in [0.717, 1.165) is 6.54 Å². The number of rotatable bonds is 7. The van der Waals surface area contributed by atoms with Gasteiger partial charge in [0.05, 0.1) is 24.7 Å². The third kappa shape index (κ3) is 6.39. The first-order chi connectivity index (χ1) is 8.51. The number of hydrogen-bond acceptors (Lipinski definition) is 4. The Hall–Kier alpha value is -1.37. The van der Waals surface area contributed by atoms with Crippen molar-refractivity contribution in [3.63, 3.8) is 0 Å². The molecule has 1 aromatic rings. The van der Waals surface area contributed by atoms with Gasteiger partial charge < -0.3 is 10.1 Å². The number of alkyl halides is 3. The molecule has 0 aromatic carbocycles. The maximum absolute atomic E-state index is 11.8. The van der Waals surface area contributed by atoms with Gasteiger partial charge in [-0.15, -0.1) is 0 Å². The second-order valence-corrected chi connectivity index (χ2v) is 3.69. The van der Waals surface area contributed by atoms with Crippen molar-refractivity contribution in [2.45, 2.75) is 32.5 Å². The summed E-state index contributed by atoms with van der Waals surface area (Å²) < 4.78 is 40.6. The van der Waals surface area contributed by atoms with Crippen molar-refractivity contribution in [1.29, 1.82) is 0 Å². The molecule has 0 spiro atoms. The highest BCUT2D eigenvalue weighted by Crippen LogP contribution is 2.21. The Kier molecular flexibility index (Phi) is 5.84. The molecule has 7 heteroatoms. The van der Waals surface area contributed by atoms with E-state index < -0.39 is 12.6 Å². The Bertz CT molecular complexity index is 340. The van der Waals surface area contributed by atoms with Crippen LogP contribution in [0.5, 0.6) is 0 Å². The van der Waals surface area contributed by atoms with Gasteiger partial charge in [0.15, 0.2) is 0 Å². The van der Waals surface area contributed by atoms with Crippen LogP contribution < -0.4 is 5.32 Å². The van der Waals surface area contributed by atoms with Crippen LogP contribution in [0.1, 0.15) is 25.5 Å². The molecule has 0 aliphatic rings. The summed E-state index contributed by atoms with van der Waals surface area (Å²) in [5.74, 6) is 0.665. The highest BCUT2D eigenvalue weighted by molar-refractivity contribution is 5.30. The first-order valence-electron chi connectivity index (χ1n) is 5.70. The third-order valence-corrected chi connectivity index (χ3v) is 2.06. The monoisotopic (exact) mass is 263 g/mol. The van der Waals surface area contributed by atoms with Gasteiger partial charge in [-0.05, 0) is 13.3 Å². The normalized spacial score (nSPS) is 11.6. The molecule has 1 N–H and O–H groups in total. The van der Waals surface area contributed by atoms with E-state index >= 15 is 0 Å². The summed E-state index contributed by atoms with van der Waals surface area (Å²) in [5, 5.41) is 2.99. The second kappa shape index (κ2) is 7.15. The number of aromatic nitrogens is 2. The molecule has 0 amide bonds. The van der Waals surface area contributed by atoms with Crippen LogP contribution in [0.3, 0.4) is 0 Å². The van der Waals surface area contributed by atoms with Crippen LogP contribution in [-0.2, 0) is 11.3 Å². The number of hydrogen-bond donors (Lipinski definition) is 1. The molecule has 102 valence electrons. The number of nitrogens with one attached hydrogen (secondary N) is 1. The van der Waals surface area contributed by atoms with Gasteiger partial charge in [0, 0.05) is 19.6 Å². The van der Waals surface area contributed by atoms with E-state index in [0.29, 0.717) is 11.5 Å². The van der Waals surface area contributed by atoms with Crippen molar-refractivity contribution in [2.75, 3.05) is 18.5 Å². The smallest absolute Gasteiger partial charge is 0.375 e. The lowest BCUT2D eigenvalue weighted by atomic mass is 10.3. The van der Waals surface area contributed by atoms with Crippen LogP contribution in [0.4, 0.5) is 19.0 Å². The minimum Gasteiger partial charge on any atom is -0.375 e. The molecule has 0 atom stereocenters. The topological polar surface area (TPSA) is 47.0 Å². The van der Waals surface area contributed by atoms with Gasteiger partial charge >= 0.3 is 6.18 Å². The molecule has 1 rings (SSSR count). The van der Waals surface area contributed by atoms with Gasteiger partial charge in [-0.2, -0.15) is 13.2 Å². The van der Waals surface area contributed by atoms with Gasteiger partial charge in [-0.25, -0.2) is 4.98 Å². The van der Waals surface area contributed by atoms with Gasteiger partial charge in [-0.3, -0.25) is 4.98 Å². The van der Waals surface area contributed by atoms with E-state index in [2.05, 4.69) is 15.3 Å². The summed E-state index contributed by atoms with van der Waals surface area (Å²) in [6, 6.07) is 0. The van der Waals surface area contributed by atoms with Gasteiger partial charge in [0.25, 0.3) is 0 Å². The lowest BCUT2D eigenvalue weighted by molar-refractivity contribution is -0.138. The second-order valence-electron chi connectivity index (χ2n) is 3.69. The van der Waals surface area contributed by atoms with E-state index in [1.54, 1.807) is 12.4 Å². The molecule has 0 fully saturated rings. The standard InChI is InChI=1S/C11H16F3N3O/c1-2-15-10-7-16-9(6-17-10)8-18-5-3-4-11(12,13)14/h6-7H,2-5,8H2,1H3,(H,15,17). The highest BCUT2D eigenvalue weighted by Gasteiger charge is 2.25. The average molecular weight is 263 g/mol. The molecular weight excluding hydrogens is 247 g/mol. The van der Waals surface area contributed by atoms with Crippen molar-refractivity contribution < 1.29 is 17.9 Å². The predicted molar refractivity (Wildman–Crippen MR) is 61.1 cm³/mol. The maximum Gasteiger partial charge on any atom is 0.389 e. The average Bonchev–Trinajstić information content (AvgIpc) is 2.30. The quantitative estimate of drug-likeness (QED) is 0.768. The van der Waals surface area contributed by atoms with Gasteiger partial charge in [-0.1, -0.05) is 0 Å². The number of nitrogens with zero attached hydrogens (tertiary/aromatic N) is 2. The molecule has 0 aliphatic carbocycles. The van der Waals surface area contributed by atoms with Crippen LogP contribution in [0, 0.1) is 0 Å². The summed E-state index contributed by atoms with van der Waals surface area (Å²) in [4.78, 5) is 8.14. The lowest BCUT2D eigenvalue weighted by Gasteiger charge is -2.07. The van der Waals surface area contributed by atoms with Crippen molar-refractivity contribution in [3.8, 4) is 0 Å². The predicted octanol–water partition coefficient (Wildman–Crippen LogP) is 2.77.